The van der Waals surface area contributed by atoms with E-state index in [-0.39, 0.29) is 66.1 Å². The molecule has 3 N–H and O–H groups in total. The van der Waals surface area contributed by atoms with Gasteiger partial charge in [-0.1, -0.05) is 0 Å². The van der Waals surface area contributed by atoms with Crippen LogP contribution >= 0.6 is 0 Å². The molecule has 4 aliphatic rings. The standard InChI is InChI=1S/C19H37N2O2.2HI/c1-4-21(3,5-2)9-7-6-8-20-12-15-14-10-17(22)19(16(15)13-20)18(23)11-14;;/h14-19,22-23H,4-13H2,1-3H3;2*1H/q+1;;/p-1. The summed E-state index contributed by atoms with van der Waals surface area (Å²) in [6.07, 6.45) is 4.06. The van der Waals surface area contributed by atoms with Gasteiger partial charge in [0.15, 0.2) is 0 Å². The van der Waals surface area contributed by atoms with Gasteiger partial charge in [-0.2, -0.15) is 0 Å². The Morgan fingerprint density at radius 1 is 0.920 bits per heavy atom. The molecule has 150 valence electrons. The van der Waals surface area contributed by atoms with Gasteiger partial charge in [0.25, 0.3) is 0 Å². The molecule has 25 heavy (non-hydrogen) atoms. The van der Waals surface area contributed by atoms with E-state index in [2.05, 4.69) is 20.9 Å². The van der Waals surface area contributed by atoms with Gasteiger partial charge < -0.3 is 67.5 Å². The van der Waals surface area contributed by atoms with Crippen molar-refractivity contribution >= 4 is 0 Å². The average molecular weight is 580 g/mol. The zero-order valence-electron chi connectivity index (χ0n) is 16.1. The first kappa shape index (κ1) is 24.3. The minimum absolute atomic E-state index is 0. The minimum Gasteiger partial charge on any atom is -1.00 e. The molecule has 1 saturated heterocycles. The largest absolute Gasteiger partial charge is 1.00 e. The summed E-state index contributed by atoms with van der Waals surface area (Å²) in [6, 6.07) is 0. The first-order valence-corrected chi connectivity index (χ1v) is 10.0. The second-order valence-electron chi connectivity index (χ2n) is 8.86. The summed E-state index contributed by atoms with van der Waals surface area (Å²) >= 11 is 0. The first-order valence-electron chi connectivity index (χ1n) is 10.0. The molecule has 1 heterocycles. The van der Waals surface area contributed by atoms with Crippen molar-refractivity contribution in [2.45, 2.75) is 51.7 Å². The SMILES string of the molecule is CC[N+](C)(CC)CCCC[NH+]1CC2C3CC(O)C(C(O)C3)C2C1.[I-].[I-]. The van der Waals surface area contributed by atoms with Crippen LogP contribution in [0.1, 0.15) is 39.5 Å². The fourth-order valence-corrected chi connectivity index (χ4v) is 5.81. The molecular formula is C19H38I2N2O2. The van der Waals surface area contributed by atoms with E-state index in [4.69, 9.17) is 0 Å². The summed E-state index contributed by atoms with van der Waals surface area (Å²) in [4.78, 5) is 1.74. The van der Waals surface area contributed by atoms with Gasteiger partial charge in [0.05, 0.1) is 58.5 Å². The third-order valence-electron chi connectivity index (χ3n) is 7.68. The average Bonchev–Trinajstić information content (AvgIpc) is 2.96. The van der Waals surface area contributed by atoms with Crippen molar-refractivity contribution in [1.82, 2.24) is 0 Å². The van der Waals surface area contributed by atoms with Crippen LogP contribution < -0.4 is 52.9 Å². The number of rotatable bonds is 7. The number of halogens is 2. The van der Waals surface area contributed by atoms with Crippen molar-refractivity contribution < 1.29 is 67.5 Å². The van der Waals surface area contributed by atoms with E-state index < -0.39 is 0 Å². The molecule has 5 atom stereocenters. The molecule has 2 bridgehead atoms. The van der Waals surface area contributed by atoms with Crippen LogP contribution in [0.15, 0.2) is 0 Å². The molecular weight excluding hydrogens is 542 g/mol. The monoisotopic (exact) mass is 580 g/mol. The lowest BCUT2D eigenvalue weighted by Crippen LogP contribution is -3.10. The molecule has 0 radical (unpaired) electrons. The van der Waals surface area contributed by atoms with E-state index in [1.165, 1.54) is 56.6 Å². The number of aliphatic hydroxyl groups is 2. The van der Waals surface area contributed by atoms with E-state index >= 15 is 0 Å². The Labute approximate surface area is 188 Å². The van der Waals surface area contributed by atoms with Crippen LogP contribution in [0, 0.1) is 23.7 Å². The fraction of sp³-hybridized carbons (Fsp3) is 1.00. The highest BCUT2D eigenvalue weighted by molar-refractivity contribution is 5.02. The zero-order valence-corrected chi connectivity index (χ0v) is 20.4. The molecule has 3 aliphatic carbocycles. The Balaban J connectivity index is 0.00000156. The Morgan fingerprint density at radius 2 is 1.48 bits per heavy atom. The minimum atomic E-state index is -0.239. The molecule has 0 aromatic carbocycles. The number of hydrogen-bond donors (Lipinski definition) is 3. The van der Waals surface area contributed by atoms with Gasteiger partial charge in [-0.25, -0.2) is 0 Å². The Hall–Kier alpha value is 1.30. The van der Waals surface area contributed by atoms with Crippen LogP contribution in [0.25, 0.3) is 0 Å². The highest BCUT2D eigenvalue weighted by atomic mass is 127. The van der Waals surface area contributed by atoms with Gasteiger partial charge in [0.1, 0.15) is 0 Å². The molecule has 0 aromatic rings. The molecule has 4 rings (SSSR count). The van der Waals surface area contributed by atoms with Crippen LogP contribution in [-0.4, -0.2) is 73.2 Å². The van der Waals surface area contributed by atoms with Crippen LogP contribution in [0.4, 0.5) is 0 Å². The van der Waals surface area contributed by atoms with E-state index in [1.807, 2.05) is 0 Å². The van der Waals surface area contributed by atoms with Gasteiger partial charge >= 0.3 is 0 Å². The maximum Gasteiger partial charge on any atom is 0.0809 e. The third-order valence-corrected chi connectivity index (χ3v) is 7.68. The number of unbranched alkanes of at least 4 members (excludes halogenated alkanes) is 1. The first-order chi connectivity index (χ1) is 11.0. The second-order valence-corrected chi connectivity index (χ2v) is 8.86. The molecule has 3 saturated carbocycles. The maximum absolute atomic E-state index is 10.3. The number of hydrogen-bond acceptors (Lipinski definition) is 2. The summed E-state index contributed by atoms with van der Waals surface area (Å²) in [6.45, 7) is 12.1. The molecule has 6 heteroatoms. The van der Waals surface area contributed by atoms with Gasteiger partial charge in [0.2, 0.25) is 0 Å². The molecule has 4 nitrogen and oxygen atoms in total. The molecule has 5 unspecified atom stereocenters. The number of likely N-dealkylation sites (tertiary alicyclic amines) is 1. The maximum atomic E-state index is 10.3. The fourth-order valence-electron chi connectivity index (χ4n) is 5.81. The number of nitrogens with zero attached hydrogens (tertiary/aromatic N) is 1. The normalized spacial score (nSPS) is 39.5. The van der Waals surface area contributed by atoms with Crippen LogP contribution in [0.5, 0.6) is 0 Å². The number of nitrogens with one attached hydrogen (secondary N) is 1. The highest BCUT2D eigenvalue weighted by Gasteiger charge is 2.57. The molecule has 1 aliphatic heterocycles. The lowest BCUT2D eigenvalue weighted by Gasteiger charge is -2.49. The molecule has 0 aromatic heterocycles. The Morgan fingerprint density at radius 3 is 2.04 bits per heavy atom. The van der Waals surface area contributed by atoms with Crippen molar-refractivity contribution in [2.24, 2.45) is 23.7 Å². The van der Waals surface area contributed by atoms with Gasteiger partial charge in [-0.3, -0.25) is 0 Å². The zero-order chi connectivity index (χ0) is 16.6. The highest BCUT2D eigenvalue weighted by Crippen LogP contribution is 2.49. The number of fused-ring (bicyclic) bond motifs is 2. The van der Waals surface area contributed by atoms with E-state index in [0.29, 0.717) is 11.8 Å². The lowest BCUT2D eigenvalue weighted by molar-refractivity contribution is -0.908. The van der Waals surface area contributed by atoms with Gasteiger partial charge in [-0.05, 0) is 32.6 Å². The quantitative estimate of drug-likeness (QED) is 0.160. The van der Waals surface area contributed by atoms with Crippen LogP contribution in [0.2, 0.25) is 0 Å². The Kier molecular flexibility index (Phi) is 9.91. The second kappa shape index (κ2) is 10.2. The smallest absolute Gasteiger partial charge is 0.0809 e. The summed E-state index contributed by atoms with van der Waals surface area (Å²) < 4.78 is 1.20. The van der Waals surface area contributed by atoms with Crippen molar-refractivity contribution in [3.05, 3.63) is 0 Å². The number of quaternary nitrogens is 2. The molecule has 0 amide bonds. The molecule has 4 fully saturated rings. The third kappa shape index (κ3) is 5.22. The van der Waals surface area contributed by atoms with E-state index in [1.54, 1.807) is 4.90 Å². The van der Waals surface area contributed by atoms with Crippen molar-refractivity contribution in [3.63, 3.8) is 0 Å². The molecule has 0 spiro atoms. The lowest BCUT2D eigenvalue weighted by atomic mass is 9.57. The van der Waals surface area contributed by atoms with Crippen LogP contribution in [0.3, 0.4) is 0 Å². The van der Waals surface area contributed by atoms with Crippen molar-refractivity contribution in [2.75, 3.05) is 46.3 Å². The number of aliphatic hydroxyl groups excluding tert-OH is 2. The summed E-state index contributed by atoms with van der Waals surface area (Å²) in [7, 11) is 2.37. The summed E-state index contributed by atoms with van der Waals surface area (Å²) in [5, 5.41) is 20.6. The van der Waals surface area contributed by atoms with E-state index in [9.17, 15) is 10.2 Å². The van der Waals surface area contributed by atoms with Gasteiger partial charge in [-0.15, -0.1) is 0 Å². The predicted molar refractivity (Wildman–Crippen MR) is 92.1 cm³/mol. The Bertz CT molecular complexity index is 397. The summed E-state index contributed by atoms with van der Waals surface area (Å²) in [5.74, 6) is 2.10. The topological polar surface area (TPSA) is 44.9 Å². The summed E-state index contributed by atoms with van der Waals surface area (Å²) in [5.41, 5.74) is 0. The van der Waals surface area contributed by atoms with Crippen molar-refractivity contribution in [1.29, 1.82) is 0 Å². The van der Waals surface area contributed by atoms with Crippen LogP contribution in [-0.2, 0) is 0 Å². The predicted octanol–water partition coefficient (Wildman–Crippen LogP) is -5.85. The van der Waals surface area contributed by atoms with Crippen molar-refractivity contribution in [3.8, 4) is 0 Å². The van der Waals surface area contributed by atoms with E-state index in [0.717, 1.165) is 18.8 Å². The van der Waals surface area contributed by atoms with Gasteiger partial charge in [0, 0.05) is 30.6 Å².